The second kappa shape index (κ2) is 4.55. The third-order valence-corrected chi connectivity index (χ3v) is 3.75. The molecule has 4 heteroatoms. The Morgan fingerprint density at radius 3 is 3.06 bits per heavy atom. The normalized spacial score (nSPS) is 27.1. The maximum absolute atomic E-state index is 5.86. The fourth-order valence-corrected chi connectivity index (χ4v) is 2.73. The molecule has 2 heterocycles. The van der Waals surface area contributed by atoms with Crippen LogP contribution in [0.4, 0.5) is 0 Å². The average Bonchev–Trinajstić information content (AvgIpc) is 2.85. The number of nitrogens with one attached hydrogen (secondary N) is 1. The molecule has 3 rings (SSSR count). The van der Waals surface area contributed by atoms with Gasteiger partial charge in [-0.15, -0.1) is 0 Å². The van der Waals surface area contributed by atoms with E-state index in [1.807, 2.05) is 6.07 Å². The second-order valence-electron chi connectivity index (χ2n) is 4.71. The van der Waals surface area contributed by atoms with Crippen molar-refractivity contribution in [1.29, 1.82) is 0 Å². The predicted octanol–water partition coefficient (Wildman–Crippen LogP) is 1.07. The smallest absolute Gasteiger partial charge is 0.231 e. The monoisotopic (exact) mass is 234 g/mol. The molecule has 0 aromatic heterocycles. The number of benzene rings is 1. The van der Waals surface area contributed by atoms with E-state index in [1.165, 1.54) is 5.56 Å². The van der Waals surface area contributed by atoms with Gasteiger partial charge < -0.3 is 20.5 Å². The van der Waals surface area contributed by atoms with Crippen LogP contribution in [0.3, 0.4) is 0 Å². The molecular formula is C13H18N2O2. The third kappa shape index (κ3) is 1.98. The first-order chi connectivity index (χ1) is 8.38. The van der Waals surface area contributed by atoms with Crippen LogP contribution < -0.4 is 20.5 Å². The Kier molecular flexibility index (Phi) is 2.91. The van der Waals surface area contributed by atoms with Crippen molar-refractivity contribution in [3.8, 4) is 11.5 Å². The van der Waals surface area contributed by atoms with Crippen LogP contribution in [0.15, 0.2) is 18.2 Å². The largest absolute Gasteiger partial charge is 0.454 e. The first-order valence-electron chi connectivity index (χ1n) is 6.19. The minimum atomic E-state index is 0.335. The highest BCUT2D eigenvalue weighted by Gasteiger charge is 2.26. The van der Waals surface area contributed by atoms with Crippen molar-refractivity contribution in [3.63, 3.8) is 0 Å². The van der Waals surface area contributed by atoms with Gasteiger partial charge in [0, 0.05) is 12.5 Å². The van der Waals surface area contributed by atoms with Gasteiger partial charge in [0.2, 0.25) is 6.79 Å². The summed E-state index contributed by atoms with van der Waals surface area (Å²) in [6.07, 6.45) is 1.15. The Bertz CT molecular complexity index is 408. The van der Waals surface area contributed by atoms with Gasteiger partial charge in [0.1, 0.15) is 0 Å². The van der Waals surface area contributed by atoms with Crippen LogP contribution in [-0.2, 0) is 0 Å². The Labute approximate surface area is 101 Å². The molecule has 0 aliphatic carbocycles. The first-order valence-corrected chi connectivity index (χ1v) is 6.19. The molecule has 2 aliphatic rings. The van der Waals surface area contributed by atoms with Gasteiger partial charge in [0.05, 0.1) is 0 Å². The molecule has 17 heavy (non-hydrogen) atoms. The molecule has 0 spiro atoms. The molecule has 2 aliphatic heterocycles. The van der Waals surface area contributed by atoms with Crippen LogP contribution >= 0.6 is 0 Å². The molecule has 4 nitrogen and oxygen atoms in total. The van der Waals surface area contributed by atoms with Crippen molar-refractivity contribution in [3.05, 3.63) is 23.8 Å². The SMILES string of the molecule is NCC1CCNCC1c1ccc2c(c1)OCO2. The van der Waals surface area contributed by atoms with Gasteiger partial charge >= 0.3 is 0 Å². The fourth-order valence-electron chi connectivity index (χ4n) is 2.73. The fraction of sp³-hybridized carbons (Fsp3) is 0.538. The van der Waals surface area contributed by atoms with Gasteiger partial charge in [0.15, 0.2) is 11.5 Å². The average molecular weight is 234 g/mol. The molecule has 1 saturated heterocycles. The molecule has 0 bridgehead atoms. The van der Waals surface area contributed by atoms with Gasteiger partial charge in [0.25, 0.3) is 0 Å². The number of hydrogen-bond donors (Lipinski definition) is 2. The molecule has 0 saturated carbocycles. The molecule has 3 N–H and O–H groups in total. The number of hydrogen-bond acceptors (Lipinski definition) is 4. The van der Waals surface area contributed by atoms with Gasteiger partial charge in [-0.05, 0) is 43.1 Å². The Hall–Kier alpha value is -1.26. The molecule has 0 radical (unpaired) electrons. The highest BCUT2D eigenvalue weighted by molar-refractivity contribution is 5.45. The summed E-state index contributed by atoms with van der Waals surface area (Å²) >= 11 is 0. The molecule has 0 amide bonds. The number of piperidine rings is 1. The maximum atomic E-state index is 5.86. The van der Waals surface area contributed by atoms with E-state index in [0.717, 1.165) is 37.6 Å². The van der Waals surface area contributed by atoms with E-state index in [0.29, 0.717) is 18.6 Å². The van der Waals surface area contributed by atoms with E-state index in [2.05, 4.69) is 17.4 Å². The quantitative estimate of drug-likeness (QED) is 0.803. The Balaban J connectivity index is 1.87. The van der Waals surface area contributed by atoms with E-state index in [4.69, 9.17) is 15.2 Å². The van der Waals surface area contributed by atoms with E-state index in [-0.39, 0.29) is 0 Å². The summed E-state index contributed by atoms with van der Waals surface area (Å²) in [5.74, 6) is 2.77. The Morgan fingerprint density at radius 1 is 1.29 bits per heavy atom. The molecule has 1 fully saturated rings. The number of nitrogens with two attached hydrogens (primary N) is 1. The molecule has 1 aromatic rings. The van der Waals surface area contributed by atoms with Crippen molar-refractivity contribution >= 4 is 0 Å². The second-order valence-corrected chi connectivity index (χ2v) is 4.71. The van der Waals surface area contributed by atoms with Crippen LogP contribution in [0.2, 0.25) is 0 Å². The molecular weight excluding hydrogens is 216 g/mol. The number of ether oxygens (including phenoxy) is 2. The van der Waals surface area contributed by atoms with Crippen LogP contribution in [0.1, 0.15) is 17.9 Å². The zero-order valence-corrected chi connectivity index (χ0v) is 9.82. The summed E-state index contributed by atoms with van der Waals surface area (Å²) in [7, 11) is 0. The highest BCUT2D eigenvalue weighted by Crippen LogP contribution is 2.37. The standard InChI is InChI=1S/C13H18N2O2/c14-6-10-3-4-15-7-11(10)9-1-2-12-13(5-9)17-8-16-12/h1-2,5,10-11,15H,3-4,6-8,14H2. The minimum Gasteiger partial charge on any atom is -0.454 e. The van der Waals surface area contributed by atoms with Crippen molar-refractivity contribution < 1.29 is 9.47 Å². The molecule has 92 valence electrons. The molecule has 2 atom stereocenters. The summed E-state index contributed by atoms with van der Waals surface area (Å²) in [6.45, 7) is 3.16. The van der Waals surface area contributed by atoms with Crippen molar-refractivity contribution in [2.75, 3.05) is 26.4 Å². The van der Waals surface area contributed by atoms with E-state index >= 15 is 0 Å². The third-order valence-electron chi connectivity index (χ3n) is 3.75. The van der Waals surface area contributed by atoms with Crippen molar-refractivity contribution in [1.82, 2.24) is 5.32 Å². The van der Waals surface area contributed by atoms with E-state index < -0.39 is 0 Å². The summed E-state index contributed by atoms with van der Waals surface area (Å²) < 4.78 is 10.8. The molecule has 2 unspecified atom stereocenters. The summed E-state index contributed by atoms with van der Waals surface area (Å²) in [4.78, 5) is 0. The minimum absolute atomic E-state index is 0.335. The zero-order chi connectivity index (χ0) is 11.7. The van der Waals surface area contributed by atoms with Crippen LogP contribution in [0, 0.1) is 5.92 Å². The summed E-state index contributed by atoms with van der Waals surface area (Å²) in [6, 6.07) is 6.23. The maximum Gasteiger partial charge on any atom is 0.231 e. The highest BCUT2D eigenvalue weighted by atomic mass is 16.7. The Morgan fingerprint density at radius 2 is 2.18 bits per heavy atom. The lowest BCUT2D eigenvalue weighted by Gasteiger charge is -2.31. The van der Waals surface area contributed by atoms with Gasteiger partial charge in [-0.2, -0.15) is 0 Å². The van der Waals surface area contributed by atoms with Crippen LogP contribution in [-0.4, -0.2) is 26.4 Å². The summed E-state index contributed by atoms with van der Waals surface area (Å²) in [5, 5.41) is 3.44. The van der Waals surface area contributed by atoms with Crippen LogP contribution in [0.25, 0.3) is 0 Å². The van der Waals surface area contributed by atoms with Gasteiger partial charge in [-0.1, -0.05) is 6.07 Å². The van der Waals surface area contributed by atoms with Crippen molar-refractivity contribution in [2.24, 2.45) is 11.7 Å². The lowest BCUT2D eigenvalue weighted by molar-refractivity contribution is 0.174. The number of rotatable bonds is 2. The molecule has 1 aromatic carbocycles. The van der Waals surface area contributed by atoms with Gasteiger partial charge in [-0.25, -0.2) is 0 Å². The zero-order valence-electron chi connectivity index (χ0n) is 9.82. The van der Waals surface area contributed by atoms with E-state index in [1.54, 1.807) is 0 Å². The van der Waals surface area contributed by atoms with Gasteiger partial charge in [-0.3, -0.25) is 0 Å². The topological polar surface area (TPSA) is 56.5 Å². The summed E-state index contributed by atoms with van der Waals surface area (Å²) in [5.41, 5.74) is 7.16. The van der Waals surface area contributed by atoms with E-state index in [9.17, 15) is 0 Å². The number of fused-ring (bicyclic) bond motifs is 1. The lowest BCUT2D eigenvalue weighted by atomic mass is 9.81. The lowest BCUT2D eigenvalue weighted by Crippen LogP contribution is -2.38. The van der Waals surface area contributed by atoms with Crippen LogP contribution in [0.5, 0.6) is 11.5 Å². The predicted molar refractivity (Wildman–Crippen MR) is 65.3 cm³/mol. The van der Waals surface area contributed by atoms with Crippen molar-refractivity contribution in [2.45, 2.75) is 12.3 Å². The first kappa shape index (κ1) is 10.9.